The van der Waals surface area contributed by atoms with Crippen LogP contribution in [0, 0.1) is 0 Å². The predicted octanol–water partition coefficient (Wildman–Crippen LogP) is 1.17. The van der Waals surface area contributed by atoms with Crippen LogP contribution in [0.2, 0.25) is 0 Å². The van der Waals surface area contributed by atoms with E-state index in [1.165, 1.54) is 0 Å². The molecule has 4 amide bonds. The van der Waals surface area contributed by atoms with E-state index in [9.17, 15) is 14.4 Å². The van der Waals surface area contributed by atoms with Crippen molar-refractivity contribution in [3.05, 3.63) is 42.7 Å². The van der Waals surface area contributed by atoms with E-state index in [2.05, 4.69) is 10.4 Å². The summed E-state index contributed by atoms with van der Waals surface area (Å²) in [5.74, 6) is -0.880. The maximum absolute atomic E-state index is 12.6. The molecule has 4 rings (SSSR count). The Balaban J connectivity index is 1.31. The maximum Gasteiger partial charge on any atom is 0.321 e. The fourth-order valence-corrected chi connectivity index (χ4v) is 3.65. The van der Waals surface area contributed by atoms with Crippen molar-refractivity contribution in [2.75, 3.05) is 44.6 Å². The van der Waals surface area contributed by atoms with E-state index in [1.807, 2.05) is 36.5 Å². The highest BCUT2D eigenvalue weighted by Crippen LogP contribution is 2.15. The molecule has 0 saturated carbocycles. The van der Waals surface area contributed by atoms with Crippen LogP contribution in [-0.2, 0) is 9.59 Å². The molecule has 0 unspecified atom stereocenters. The van der Waals surface area contributed by atoms with Gasteiger partial charge >= 0.3 is 17.8 Å². The zero-order valence-corrected chi connectivity index (χ0v) is 16.2. The number of amides is 4. The largest absolute Gasteiger partial charge is 0.334 e. The lowest BCUT2D eigenvalue weighted by Crippen LogP contribution is -2.54. The van der Waals surface area contributed by atoms with Gasteiger partial charge in [0, 0.05) is 57.3 Å². The number of nitrogens with zero attached hydrogens (tertiary/aromatic N) is 5. The third-order valence-electron chi connectivity index (χ3n) is 5.30. The molecule has 2 aliphatic heterocycles. The SMILES string of the molecule is O=C(Nc1cccc(-n2cccn2)c1)N1CCN(C(=O)C(=O)N2CCCC2)CC1. The van der Waals surface area contributed by atoms with Crippen molar-refractivity contribution < 1.29 is 14.4 Å². The van der Waals surface area contributed by atoms with Gasteiger partial charge in [0.1, 0.15) is 0 Å². The first-order chi connectivity index (χ1) is 14.1. The van der Waals surface area contributed by atoms with E-state index in [4.69, 9.17) is 0 Å². The van der Waals surface area contributed by atoms with Crippen molar-refractivity contribution in [2.45, 2.75) is 12.8 Å². The summed E-state index contributed by atoms with van der Waals surface area (Å²) in [6.45, 7) is 2.82. The molecule has 2 fully saturated rings. The van der Waals surface area contributed by atoms with Crippen LogP contribution in [0.4, 0.5) is 10.5 Å². The molecule has 0 aliphatic carbocycles. The Bertz CT molecular complexity index is 883. The Morgan fingerprint density at radius 3 is 2.14 bits per heavy atom. The molecule has 0 radical (unpaired) electrons. The number of benzene rings is 1. The molecule has 1 N–H and O–H groups in total. The number of rotatable bonds is 2. The zero-order chi connectivity index (χ0) is 20.2. The van der Waals surface area contributed by atoms with Gasteiger partial charge in [0.25, 0.3) is 0 Å². The second-order valence-electron chi connectivity index (χ2n) is 7.21. The Morgan fingerprint density at radius 2 is 1.48 bits per heavy atom. The molecule has 2 aromatic rings. The van der Waals surface area contributed by atoms with Crippen LogP contribution in [0.25, 0.3) is 5.69 Å². The summed E-state index contributed by atoms with van der Waals surface area (Å²) >= 11 is 0. The lowest BCUT2D eigenvalue weighted by molar-refractivity contribution is -0.152. The molecule has 0 atom stereocenters. The van der Waals surface area contributed by atoms with Gasteiger partial charge in [-0.15, -0.1) is 0 Å². The predicted molar refractivity (Wildman–Crippen MR) is 107 cm³/mol. The highest BCUT2D eigenvalue weighted by atomic mass is 16.2. The number of likely N-dealkylation sites (tertiary alicyclic amines) is 1. The van der Waals surface area contributed by atoms with Crippen molar-refractivity contribution in [3.8, 4) is 5.69 Å². The van der Waals surface area contributed by atoms with Gasteiger partial charge in [0.05, 0.1) is 5.69 Å². The van der Waals surface area contributed by atoms with Crippen LogP contribution in [0.3, 0.4) is 0 Å². The van der Waals surface area contributed by atoms with Gasteiger partial charge in [0.15, 0.2) is 0 Å². The zero-order valence-electron chi connectivity index (χ0n) is 16.2. The molecule has 1 aromatic carbocycles. The molecule has 9 heteroatoms. The van der Waals surface area contributed by atoms with Crippen molar-refractivity contribution in [2.24, 2.45) is 0 Å². The molecule has 0 bridgehead atoms. The molecular formula is C20H24N6O3. The average Bonchev–Trinajstić information content (AvgIpc) is 3.47. The van der Waals surface area contributed by atoms with Gasteiger partial charge in [-0.05, 0) is 37.1 Å². The van der Waals surface area contributed by atoms with Gasteiger partial charge in [-0.2, -0.15) is 5.10 Å². The first-order valence-corrected chi connectivity index (χ1v) is 9.86. The molecule has 3 heterocycles. The fourth-order valence-electron chi connectivity index (χ4n) is 3.65. The molecule has 9 nitrogen and oxygen atoms in total. The van der Waals surface area contributed by atoms with Gasteiger partial charge in [-0.1, -0.05) is 6.07 Å². The summed E-state index contributed by atoms with van der Waals surface area (Å²) < 4.78 is 1.72. The number of aromatic nitrogens is 2. The number of piperazine rings is 1. The standard InChI is InChI=1S/C20H24N6O3/c27-18(23-8-1-2-9-23)19(28)24-11-13-25(14-12-24)20(29)22-16-5-3-6-17(15-16)26-10-4-7-21-26/h3-7,10,15H,1-2,8-9,11-14H2,(H,22,29). The summed E-state index contributed by atoms with van der Waals surface area (Å²) in [6.07, 6.45) is 5.43. The van der Waals surface area contributed by atoms with Gasteiger partial charge in [0.2, 0.25) is 0 Å². The van der Waals surface area contributed by atoms with E-state index in [-0.39, 0.29) is 6.03 Å². The minimum Gasteiger partial charge on any atom is -0.334 e. The van der Waals surface area contributed by atoms with Crippen LogP contribution in [0.15, 0.2) is 42.7 Å². The summed E-state index contributed by atoms with van der Waals surface area (Å²) in [5.41, 5.74) is 1.52. The van der Waals surface area contributed by atoms with Crippen molar-refractivity contribution >= 4 is 23.5 Å². The lowest BCUT2D eigenvalue weighted by atomic mass is 10.2. The number of urea groups is 1. The highest BCUT2D eigenvalue weighted by Gasteiger charge is 2.31. The van der Waals surface area contributed by atoms with E-state index in [0.717, 1.165) is 18.5 Å². The second-order valence-corrected chi connectivity index (χ2v) is 7.21. The molecule has 1 aromatic heterocycles. The average molecular weight is 396 g/mol. The smallest absolute Gasteiger partial charge is 0.321 e. The first-order valence-electron chi connectivity index (χ1n) is 9.86. The van der Waals surface area contributed by atoms with Crippen molar-refractivity contribution in [3.63, 3.8) is 0 Å². The molecular weight excluding hydrogens is 372 g/mol. The summed E-state index contributed by atoms with van der Waals surface area (Å²) in [4.78, 5) is 42.1. The summed E-state index contributed by atoms with van der Waals surface area (Å²) in [5, 5.41) is 7.08. The van der Waals surface area contributed by atoms with E-state index < -0.39 is 11.8 Å². The minimum atomic E-state index is -0.459. The van der Waals surface area contributed by atoms with Crippen LogP contribution in [0.1, 0.15) is 12.8 Å². The molecule has 152 valence electrons. The fraction of sp³-hybridized carbons (Fsp3) is 0.400. The topological polar surface area (TPSA) is 90.8 Å². The number of hydrogen-bond acceptors (Lipinski definition) is 4. The molecule has 2 aliphatic rings. The molecule has 0 spiro atoms. The minimum absolute atomic E-state index is 0.222. The number of carbonyl (C=O) groups excluding carboxylic acids is 3. The second kappa shape index (κ2) is 8.34. The monoisotopic (exact) mass is 396 g/mol. The summed E-state index contributed by atoms with van der Waals surface area (Å²) in [6, 6.07) is 9.04. The number of anilines is 1. The number of nitrogens with one attached hydrogen (secondary N) is 1. The highest BCUT2D eigenvalue weighted by molar-refractivity contribution is 6.35. The van der Waals surface area contributed by atoms with E-state index in [1.54, 1.807) is 25.6 Å². The quantitative estimate of drug-likeness (QED) is 0.772. The van der Waals surface area contributed by atoms with E-state index in [0.29, 0.717) is 45.0 Å². The van der Waals surface area contributed by atoms with E-state index >= 15 is 0 Å². The Morgan fingerprint density at radius 1 is 0.828 bits per heavy atom. The normalized spacial score (nSPS) is 16.8. The number of carbonyl (C=O) groups is 3. The summed E-state index contributed by atoms with van der Waals surface area (Å²) in [7, 11) is 0. The maximum atomic E-state index is 12.6. The number of hydrogen-bond donors (Lipinski definition) is 1. The Labute approximate surface area is 168 Å². The van der Waals surface area contributed by atoms with Crippen LogP contribution >= 0.6 is 0 Å². The van der Waals surface area contributed by atoms with Crippen molar-refractivity contribution in [1.82, 2.24) is 24.5 Å². The Kier molecular flexibility index (Phi) is 5.46. The van der Waals surface area contributed by atoms with Crippen molar-refractivity contribution in [1.29, 1.82) is 0 Å². The first kappa shape index (κ1) is 19.0. The van der Waals surface area contributed by atoms with Gasteiger partial charge in [-0.3, -0.25) is 9.59 Å². The van der Waals surface area contributed by atoms with Gasteiger partial charge in [-0.25, -0.2) is 9.48 Å². The molecule has 2 saturated heterocycles. The Hall–Kier alpha value is -3.36. The van der Waals surface area contributed by atoms with Crippen LogP contribution in [-0.4, -0.2) is 81.6 Å². The third-order valence-corrected chi connectivity index (χ3v) is 5.30. The van der Waals surface area contributed by atoms with Gasteiger partial charge < -0.3 is 20.0 Å². The van der Waals surface area contributed by atoms with Crippen LogP contribution < -0.4 is 5.32 Å². The lowest BCUT2D eigenvalue weighted by Gasteiger charge is -2.34. The van der Waals surface area contributed by atoms with Crippen LogP contribution in [0.5, 0.6) is 0 Å². The third kappa shape index (κ3) is 4.23. The molecule has 29 heavy (non-hydrogen) atoms.